The minimum absolute atomic E-state index is 0.0467. The van der Waals surface area contributed by atoms with Crippen LogP contribution in [0.5, 0.6) is 0 Å². The lowest BCUT2D eigenvalue weighted by atomic mass is 10.0. The number of rotatable bonds is 3. The van der Waals surface area contributed by atoms with Crippen molar-refractivity contribution in [3.8, 4) is 11.1 Å². The number of halogens is 3. The molecule has 19 heavy (non-hydrogen) atoms. The summed E-state index contributed by atoms with van der Waals surface area (Å²) in [5.74, 6) is -2.24. The third-order valence-corrected chi connectivity index (χ3v) is 2.80. The van der Waals surface area contributed by atoms with Crippen molar-refractivity contribution in [2.75, 3.05) is 0 Å². The van der Waals surface area contributed by atoms with Crippen molar-refractivity contribution >= 4 is 17.6 Å². The van der Waals surface area contributed by atoms with Gasteiger partial charge in [0.15, 0.2) is 0 Å². The van der Waals surface area contributed by atoms with Crippen LogP contribution in [0.3, 0.4) is 0 Å². The van der Waals surface area contributed by atoms with E-state index in [4.69, 9.17) is 16.7 Å². The van der Waals surface area contributed by atoms with E-state index in [0.29, 0.717) is 11.1 Å². The van der Waals surface area contributed by atoms with Crippen molar-refractivity contribution in [1.29, 1.82) is 0 Å². The van der Waals surface area contributed by atoms with Crippen LogP contribution >= 0.6 is 11.6 Å². The molecule has 0 aliphatic rings. The Bertz CT molecular complexity index is 621. The van der Waals surface area contributed by atoms with E-state index in [1.165, 1.54) is 24.3 Å². The van der Waals surface area contributed by atoms with E-state index in [9.17, 15) is 13.6 Å². The zero-order valence-electron chi connectivity index (χ0n) is 9.66. The van der Waals surface area contributed by atoms with E-state index in [-0.39, 0.29) is 10.6 Å². The van der Waals surface area contributed by atoms with Crippen molar-refractivity contribution < 1.29 is 18.7 Å². The number of benzene rings is 2. The Morgan fingerprint density at radius 2 is 1.84 bits per heavy atom. The van der Waals surface area contributed by atoms with E-state index in [1.807, 2.05) is 0 Å². The summed E-state index contributed by atoms with van der Waals surface area (Å²) in [7, 11) is 0. The third-order valence-electron chi connectivity index (χ3n) is 2.58. The number of carboxylic acids is 1. The van der Waals surface area contributed by atoms with Crippen molar-refractivity contribution in [3.63, 3.8) is 0 Å². The van der Waals surface area contributed by atoms with Crippen molar-refractivity contribution in [2.24, 2.45) is 0 Å². The predicted molar refractivity (Wildman–Crippen MR) is 68.1 cm³/mol. The Kier molecular flexibility index (Phi) is 3.81. The fraction of sp³-hybridized carbons (Fsp3) is 0.0714. The second kappa shape index (κ2) is 5.36. The lowest BCUT2D eigenvalue weighted by molar-refractivity contribution is -0.136. The molecule has 0 heterocycles. The Balaban J connectivity index is 2.47. The van der Waals surface area contributed by atoms with Gasteiger partial charge < -0.3 is 5.11 Å². The molecule has 0 fully saturated rings. The minimum atomic E-state index is -1.13. The van der Waals surface area contributed by atoms with Gasteiger partial charge in [0, 0.05) is 5.02 Å². The predicted octanol–water partition coefficient (Wildman–Crippen LogP) is 3.91. The highest BCUT2D eigenvalue weighted by molar-refractivity contribution is 6.30. The fourth-order valence-electron chi connectivity index (χ4n) is 1.77. The molecule has 2 aromatic rings. The van der Waals surface area contributed by atoms with Gasteiger partial charge in [-0.25, -0.2) is 8.78 Å². The molecule has 0 saturated carbocycles. The summed E-state index contributed by atoms with van der Waals surface area (Å²) in [5.41, 5.74) is 1.03. The Morgan fingerprint density at radius 1 is 1.11 bits per heavy atom. The van der Waals surface area contributed by atoms with Gasteiger partial charge in [0.2, 0.25) is 0 Å². The fourth-order valence-corrected chi connectivity index (χ4v) is 1.99. The second-order valence-electron chi connectivity index (χ2n) is 4.03. The van der Waals surface area contributed by atoms with Crippen molar-refractivity contribution in [3.05, 3.63) is 58.6 Å². The topological polar surface area (TPSA) is 37.3 Å². The summed E-state index contributed by atoms with van der Waals surface area (Å²) in [6.07, 6.45) is -0.428. The average Bonchev–Trinajstić information content (AvgIpc) is 2.30. The first kappa shape index (κ1) is 13.5. The van der Waals surface area contributed by atoms with Crippen LogP contribution in [-0.2, 0) is 11.2 Å². The number of carboxylic acid groups (broad SMARTS) is 1. The smallest absolute Gasteiger partial charge is 0.307 e. The zero-order chi connectivity index (χ0) is 14.0. The number of hydrogen-bond acceptors (Lipinski definition) is 1. The van der Waals surface area contributed by atoms with Gasteiger partial charge in [-0.05, 0) is 47.0 Å². The minimum Gasteiger partial charge on any atom is -0.481 e. The normalized spacial score (nSPS) is 10.5. The molecule has 0 saturated heterocycles. The highest BCUT2D eigenvalue weighted by Crippen LogP contribution is 2.26. The van der Waals surface area contributed by atoms with Gasteiger partial charge in [0.05, 0.1) is 6.42 Å². The molecule has 0 bridgehead atoms. The Morgan fingerprint density at radius 3 is 2.47 bits per heavy atom. The molecule has 0 radical (unpaired) electrons. The molecule has 0 atom stereocenters. The summed E-state index contributed by atoms with van der Waals surface area (Å²) in [4.78, 5) is 10.6. The largest absolute Gasteiger partial charge is 0.481 e. The molecule has 1 N–H and O–H groups in total. The second-order valence-corrected chi connectivity index (χ2v) is 4.47. The molecule has 98 valence electrons. The summed E-state index contributed by atoms with van der Waals surface area (Å²) < 4.78 is 26.7. The van der Waals surface area contributed by atoms with E-state index in [2.05, 4.69) is 0 Å². The Hall–Kier alpha value is -1.94. The first-order valence-corrected chi connectivity index (χ1v) is 5.80. The van der Waals surface area contributed by atoms with Crippen LogP contribution in [0.1, 0.15) is 5.56 Å². The van der Waals surface area contributed by atoms with Gasteiger partial charge in [-0.3, -0.25) is 4.79 Å². The lowest BCUT2D eigenvalue weighted by Crippen LogP contribution is -2.02. The molecule has 2 rings (SSSR count). The molecule has 2 nitrogen and oxygen atoms in total. The molecule has 0 aliphatic carbocycles. The van der Waals surface area contributed by atoms with Gasteiger partial charge in [-0.2, -0.15) is 0 Å². The van der Waals surface area contributed by atoms with E-state index >= 15 is 0 Å². The summed E-state index contributed by atoms with van der Waals surface area (Å²) >= 11 is 5.75. The van der Waals surface area contributed by atoms with Gasteiger partial charge >= 0.3 is 5.97 Å². The van der Waals surface area contributed by atoms with Crippen molar-refractivity contribution in [2.45, 2.75) is 6.42 Å². The number of aliphatic carboxylic acids is 1. The lowest BCUT2D eigenvalue weighted by Gasteiger charge is -2.06. The van der Waals surface area contributed by atoms with Gasteiger partial charge in [-0.1, -0.05) is 17.7 Å². The van der Waals surface area contributed by atoms with E-state index in [1.54, 1.807) is 0 Å². The zero-order valence-corrected chi connectivity index (χ0v) is 10.4. The molecule has 0 aromatic heterocycles. The summed E-state index contributed by atoms with van der Waals surface area (Å²) in [5, 5.41) is 8.91. The summed E-state index contributed by atoms with van der Waals surface area (Å²) in [6.45, 7) is 0. The summed E-state index contributed by atoms with van der Waals surface area (Å²) in [6, 6.07) is 7.94. The molecular weight excluding hydrogens is 274 g/mol. The van der Waals surface area contributed by atoms with Crippen LogP contribution in [0.15, 0.2) is 36.4 Å². The highest BCUT2D eigenvalue weighted by Gasteiger charge is 2.10. The molecule has 0 unspecified atom stereocenters. The van der Waals surface area contributed by atoms with E-state index < -0.39 is 24.0 Å². The standard InChI is InChI=1S/C14H9ClF2O2/c15-11-4-9(5-12(16)7-11)8-1-2-13(17)10(3-8)6-14(18)19/h1-5,7H,6H2,(H,18,19). The first-order chi connectivity index (χ1) is 8.95. The van der Waals surface area contributed by atoms with Crippen LogP contribution in [-0.4, -0.2) is 11.1 Å². The molecule has 0 spiro atoms. The molecule has 0 amide bonds. The number of hydrogen-bond donors (Lipinski definition) is 1. The van der Waals surface area contributed by atoms with Crippen molar-refractivity contribution in [1.82, 2.24) is 0 Å². The quantitative estimate of drug-likeness (QED) is 0.926. The van der Waals surface area contributed by atoms with Gasteiger partial charge in [0.25, 0.3) is 0 Å². The van der Waals surface area contributed by atoms with Crippen LogP contribution in [0, 0.1) is 11.6 Å². The van der Waals surface area contributed by atoms with Crippen LogP contribution in [0.25, 0.3) is 11.1 Å². The maximum Gasteiger partial charge on any atom is 0.307 e. The first-order valence-electron chi connectivity index (χ1n) is 5.42. The average molecular weight is 283 g/mol. The molecule has 0 aliphatic heterocycles. The van der Waals surface area contributed by atoms with Gasteiger partial charge in [-0.15, -0.1) is 0 Å². The van der Waals surface area contributed by atoms with Crippen LogP contribution < -0.4 is 0 Å². The van der Waals surface area contributed by atoms with Gasteiger partial charge in [0.1, 0.15) is 11.6 Å². The SMILES string of the molecule is O=C(O)Cc1cc(-c2cc(F)cc(Cl)c2)ccc1F. The van der Waals surface area contributed by atoms with E-state index in [0.717, 1.165) is 12.1 Å². The maximum atomic E-state index is 13.4. The van der Waals surface area contributed by atoms with Crippen LogP contribution in [0.2, 0.25) is 5.02 Å². The molecule has 2 aromatic carbocycles. The Labute approximate surface area is 113 Å². The molecule has 5 heteroatoms. The third kappa shape index (κ3) is 3.29. The van der Waals surface area contributed by atoms with Crippen LogP contribution in [0.4, 0.5) is 8.78 Å². The number of carbonyl (C=O) groups is 1. The maximum absolute atomic E-state index is 13.4. The molecular formula is C14H9ClF2O2. The monoisotopic (exact) mass is 282 g/mol. The highest BCUT2D eigenvalue weighted by atomic mass is 35.5.